The van der Waals surface area contributed by atoms with Crippen molar-refractivity contribution >= 4 is 45.1 Å². The number of carboxylic acid groups (broad SMARTS) is 1. The molecular formula is C9H9BrN2O4S. The molecule has 0 bridgehead atoms. The van der Waals surface area contributed by atoms with Crippen molar-refractivity contribution in [3.63, 3.8) is 0 Å². The largest absolute Gasteiger partial charge is 0.480 e. The second-order valence-corrected chi connectivity index (χ2v) is 5.60. The Bertz CT molecular complexity index is 460. The normalized spacial score (nSPS) is 11.8. The Balaban J connectivity index is 2.70. The van der Waals surface area contributed by atoms with Crippen molar-refractivity contribution in [3.05, 3.63) is 20.8 Å². The molecule has 0 saturated heterocycles. The highest BCUT2D eigenvalue weighted by Gasteiger charge is 2.23. The predicted molar refractivity (Wildman–Crippen MR) is 64.7 cm³/mol. The monoisotopic (exact) mass is 320 g/mol. The van der Waals surface area contributed by atoms with Gasteiger partial charge in [0, 0.05) is 0 Å². The number of carboxylic acids is 1. The molecule has 0 aliphatic carbocycles. The van der Waals surface area contributed by atoms with Gasteiger partial charge >= 0.3 is 5.97 Å². The van der Waals surface area contributed by atoms with Gasteiger partial charge in [0.05, 0.1) is 15.1 Å². The van der Waals surface area contributed by atoms with Crippen LogP contribution in [-0.2, 0) is 9.59 Å². The molecule has 1 aromatic heterocycles. The summed E-state index contributed by atoms with van der Waals surface area (Å²) in [6, 6.07) is 1.91. The van der Waals surface area contributed by atoms with Crippen LogP contribution in [0.25, 0.3) is 0 Å². The van der Waals surface area contributed by atoms with Crippen molar-refractivity contribution in [3.8, 4) is 0 Å². The molecule has 1 rings (SSSR count). The van der Waals surface area contributed by atoms with Gasteiger partial charge in [-0.1, -0.05) is 0 Å². The van der Waals surface area contributed by atoms with E-state index in [0.717, 1.165) is 15.1 Å². The lowest BCUT2D eigenvalue weighted by Crippen LogP contribution is -2.43. The zero-order valence-corrected chi connectivity index (χ0v) is 10.9. The molecule has 92 valence electrons. The molecule has 0 aliphatic rings. The van der Waals surface area contributed by atoms with Crippen LogP contribution in [0.2, 0.25) is 0 Å². The number of nitrogens with two attached hydrogens (primary N) is 1. The Morgan fingerprint density at radius 3 is 2.53 bits per heavy atom. The summed E-state index contributed by atoms with van der Waals surface area (Å²) in [5, 5.41) is 11.0. The van der Waals surface area contributed by atoms with Crippen molar-refractivity contribution < 1.29 is 19.5 Å². The molecule has 6 nitrogen and oxygen atoms in total. The van der Waals surface area contributed by atoms with E-state index in [1.165, 1.54) is 0 Å². The summed E-state index contributed by atoms with van der Waals surface area (Å²) < 4.78 is 0.754. The van der Waals surface area contributed by atoms with Gasteiger partial charge in [-0.3, -0.25) is 9.59 Å². The van der Waals surface area contributed by atoms with Crippen LogP contribution in [0.5, 0.6) is 0 Å². The van der Waals surface area contributed by atoms with Gasteiger partial charge in [-0.05, 0) is 28.1 Å². The number of amides is 2. The number of aliphatic carboxylic acids is 1. The van der Waals surface area contributed by atoms with Gasteiger partial charge in [-0.15, -0.1) is 11.3 Å². The summed E-state index contributed by atoms with van der Waals surface area (Å²) in [4.78, 5) is 33.4. The summed E-state index contributed by atoms with van der Waals surface area (Å²) in [7, 11) is 0. The number of carbonyl (C=O) groups excluding carboxylic acids is 2. The lowest BCUT2D eigenvalue weighted by Gasteiger charge is -2.11. The topological polar surface area (TPSA) is 109 Å². The number of nitrogens with one attached hydrogen (secondary N) is 1. The Morgan fingerprint density at radius 2 is 2.12 bits per heavy atom. The second-order valence-electron chi connectivity index (χ2n) is 3.14. The van der Waals surface area contributed by atoms with Gasteiger partial charge in [-0.25, -0.2) is 4.79 Å². The number of hydrogen-bond acceptors (Lipinski definition) is 4. The van der Waals surface area contributed by atoms with Gasteiger partial charge in [0.25, 0.3) is 5.91 Å². The highest BCUT2D eigenvalue weighted by Crippen LogP contribution is 2.21. The molecule has 1 heterocycles. The molecule has 17 heavy (non-hydrogen) atoms. The average Bonchev–Trinajstić information content (AvgIpc) is 2.63. The van der Waals surface area contributed by atoms with E-state index in [9.17, 15) is 14.4 Å². The van der Waals surface area contributed by atoms with E-state index in [4.69, 9.17) is 10.8 Å². The van der Waals surface area contributed by atoms with E-state index < -0.39 is 30.2 Å². The molecule has 0 radical (unpaired) electrons. The van der Waals surface area contributed by atoms with Crippen LogP contribution in [0.1, 0.15) is 16.1 Å². The number of primary amides is 1. The molecule has 0 unspecified atom stereocenters. The SMILES string of the molecule is NC(=O)C[C@@H](NC(=O)c1ccc(Br)s1)C(=O)O. The summed E-state index contributed by atoms with van der Waals surface area (Å²) in [5.74, 6) is -2.63. The van der Waals surface area contributed by atoms with Crippen LogP contribution in [0.4, 0.5) is 0 Å². The smallest absolute Gasteiger partial charge is 0.326 e. The van der Waals surface area contributed by atoms with Crippen LogP contribution in [0, 0.1) is 0 Å². The quantitative estimate of drug-likeness (QED) is 0.736. The van der Waals surface area contributed by atoms with E-state index in [2.05, 4.69) is 21.2 Å². The second kappa shape index (κ2) is 5.78. The lowest BCUT2D eigenvalue weighted by molar-refractivity contribution is -0.140. The minimum atomic E-state index is -1.30. The molecular weight excluding hydrogens is 312 g/mol. The van der Waals surface area contributed by atoms with E-state index in [1.54, 1.807) is 12.1 Å². The predicted octanol–water partition coefficient (Wildman–Crippen LogP) is 0.569. The van der Waals surface area contributed by atoms with Crippen molar-refractivity contribution in [1.29, 1.82) is 0 Å². The molecule has 1 aromatic rings. The standard InChI is InChI=1S/C9H9BrN2O4S/c10-6-2-1-5(17-6)8(14)12-4(9(15)16)3-7(11)13/h1-2,4H,3H2,(H2,11,13)(H,12,14)(H,15,16)/t4-/m1/s1. The first-order valence-corrected chi connectivity index (χ1v) is 6.08. The Hall–Kier alpha value is -1.41. The summed E-state index contributed by atoms with van der Waals surface area (Å²) >= 11 is 4.35. The maximum Gasteiger partial charge on any atom is 0.326 e. The molecule has 2 amide bonds. The Labute approximate surface area is 109 Å². The third-order valence-electron chi connectivity index (χ3n) is 1.81. The number of thiophene rings is 1. The van der Waals surface area contributed by atoms with Crippen LogP contribution in [0.15, 0.2) is 15.9 Å². The van der Waals surface area contributed by atoms with Crippen molar-refractivity contribution in [2.75, 3.05) is 0 Å². The third-order valence-corrected chi connectivity index (χ3v) is 3.43. The fraction of sp³-hybridized carbons (Fsp3) is 0.222. The highest BCUT2D eigenvalue weighted by atomic mass is 79.9. The van der Waals surface area contributed by atoms with Crippen molar-refractivity contribution in [1.82, 2.24) is 5.32 Å². The van der Waals surface area contributed by atoms with Gasteiger partial charge < -0.3 is 16.2 Å². The first-order chi connectivity index (χ1) is 7.90. The number of halogens is 1. The molecule has 0 spiro atoms. The molecule has 0 aromatic carbocycles. The van der Waals surface area contributed by atoms with Crippen molar-refractivity contribution in [2.45, 2.75) is 12.5 Å². The van der Waals surface area contributed by atoms with Crippen molar-refractivity contribution in [2.24, 2.45) is 5.73 Å². The molecule has 0 fully saturated rings. The molecule has 8 heteroatoms. The zero-order valence-electron chi connectivity index (χ0n) is 8.47. The average molecular weight is 321 g/mol. The Morgan fingerprint density at radius 1 is 1.47 bits per heavy atom. The first-order valence-electron chi connectivity index (χ1n) is 4.47. The lowest BCUT2D eigenvalue weighted by atomic mass is 10.2. The van der Waals surface area contributed by atoms with E-state index in [0.29, 0.717) is 4.88 Å². The number of carbonyl (C=O) groups is 3. The van der Waals surface area contributed by atoms with E-state index in [-0.39, 0.29) is 0 Å². The van der Waals surface area contributed by atoms with Gasteiger partial charge in [-0.2, -0.15) is 0 Å². The number of hydrogen-bond donors (Lipinski definition) is 3. The van der Waals surface area contributed by atoms with E-state index in [1.807, 2.05) is 0 Å². The maximum atomic E-state index is 11.6. The fourth-order valence-corrected chi connectivity index (χ4v) is 2.36. The first kappa shape index (κ1) is 13.7. The summed E-state index contributed by atoms with van der Waals surface area (Å²) in [6.07, 6.45) is -0.437. The van der Waals surface area contributed by atoms with Crippen LogP contribution >= 0.6 is 27.3 Å². The maximum absolute atomic E-state index is 11.6. The Kier molecular flexibility index (Phi) is 4.64. The number of rotatable bonds is 5. The minimum absolute atomic E-state index is 0.354. The summed E-state index contributed by atoms with van der Waals surface area (Å²) in [5.41, 5.74) is 4.89. The zero-order chi connectivity index (χ0) is 13.0. The van der Waals surface area contributed by atoms with Crippen LogP contribution < -0.4 is 11.1 Å². The molecule has 0 saturated carbocycles. The van der Waals surface area contributed by atoms with Crippen LogP contribution in [0.3, 0.4) is 0 Å². The summed E-state index contributed by atoms with van der Waals surface area (Å²) in [6.45, 7) is 0. The third kappa shape index (κ3) is 4.16. The molecule has 0 aliphatic heterocycles. The molecule has 4 N–H and O–H groups in total. The highest BCUT2D eigenvalue weighted by molar-refractivity contribution is 9.11. The van der Waals surface area contributed by atoms with Crippen LogP contribution in [-0.4, -0.2) is 28.9 Å². The minimum Gasteiger partial charge on any atom is -0.480 e. The molecule has 1 atom stereocenters. The fourth-order valence-electron chi connectivity index (χ4n) is 1.07. The van der Waals surface area contributed by atoms with Gasteiger partial charge in [0.15, 0.2) is 0 Å². The van der Waals surface area contributed by atoms with Gasteiger partial charge in [0.1, 0.15) is 6.04 Å². The van der Waals surface area contributed by atoms with Gasteiger partial charge in [0.2, 0.25) is 5.91 Å². The van der Waals surface area contributed by atoms with E-state index >= 15 is 0 Å².